The summed E-state index contributed by atoms with van der Waals surface area (Å²) < 4.78 is 5.20. The fourth-order valence-corrected chi connectivity index (χ4v) is 1.82. The van der Waals surface area contributed by atoms with Crippen LogP contribution in [0.3, 0.4) is 0 Å². The first-order chi connectivity index (χ1) is 8.38. The van der Waals surface area contributed by atoms with Crippen LogP contribution in [0.5, 0.6) is 5.88 Å². The minimum absolute atomic E-state index is 0.728. The zero-order valence-corrected chi connectivity index (χ0v) is 11.0. The summed E-state index contributed by atoms with van der Waals surface area (Å²) in [5.41, 5.74) is 1.13. The normalized spacial score (nSPS) is 10.5. The first-order valence-corrected chi connectivity index (χ1v) is 6.57. The second-order valence-corrected chi connectivity index (χ2v) is 4.26. The predicted octanol–water partition coefficient (Wildman–Crippen LogP) is 3.15. The Hall–Kier alpha value is -1.09. The third kappa shape index (κ3) is 5.68. The Morgan fingerprint density at radius 2 is 2.06 bits per heavy atom. The van der Waals surface area contributed by atoms with Crippen molar-refractivity contribution in [2.75, 3.05) is 13.7 Å². The lowest BCUT2D eigenvalue weighted by Crippen LogP contribution is -2.15. The summed E-state index contributed by atoms with van der Waals surface area (Å²) in [5.74, 6) is 0.728. The molecule has 0 saturated carbocycles. The van der Waals surface area contributed by atoms with Crippen LogP contribution in [0.2, 0.25) is 0 Å². The number of unbranched alkanes of at least 4 members (excludes halogenated alkanes) is 4. The van der Waals surface area contributed by atoms with E-state index in [9.17, 15) is 0 Å². The van der Waals surface area contributed by atoms with Crippen molar-refractivity contribution in [1.29, 1.82) is 0 Å². The molecule has 0 aromatic carbocycles. The lowest BCUT2D eigenvalue weighted by molar-refractivity contribution is 0.390. The summed E-state index contributed by atoms with van der Waals surface area (Å²) in [6.07, 6.45) is 8.35. The molecule has 0 unspecified atom stereocenters. The zero-order chi connectivity index (χ0) is 12.3. The Kier molecular flexibility index (Phi) is 7.39. The molecular weight excluding hydrogens is 212 g/mol. The third-order valence-electron chi connectivity index (χ3n) is 2.82. The van der Waals surface area contributed by atoms with Crippen molar-refractivity contribution in [2.24, 2.45) is 0 Å². The number of hydrogen-bond acceptors (Lipinski definition) is 3. The molecule has 0 bridgehead atoms. The van der Waals surface area contributed by atoms with Crippen LogP contribution in [0.4, 0.5) is 0 Å². The van der Waals surface area contributed by atoms with Gasteiger partial charge in [0.25, 0.3) is 0 Å². The van der Waals surface area contributed by atoms with Crippen LogP contribution < -0.4 is 10.1 Å². The van der Waals surface area contributed by atoms with Crippen molar-refractivity contribution in [3.05, 3.63) is 23.9 Å². The molecule has 0 aliphatic carbocycles. The van der Waals surface area contributed by atoms with Gasteiger partial charge in [0.1, 0.15) is 0 Å². The van der Waals surface area contributed by atoms with Gasteiger partial charge in [-0.15, -0.1) is 0 Å². The average molecular weight is 236 g/mol. The molecule has 0 aliphatic rings. The van der Waals surface area contributed by atoms with Crippen LogP contribution in [0.1, 0.15) is 44.6 Å². The van der Waals surface area contributed by atoms with Crippen molar-refractivity contribution in [3.8, 4) is 5.88 Å². The van der Waals surface area contributed by atoms with Crippen molar-refractivity contribution in [1.82, 2.24) is 10.3 Å². The van der Waals surface area contributed by atoms with Crippen LogP contribution >= 0.6 is 0 Å². The van der Waals surface area contributed by atoms with Crippen molar-refractivity contribution >= 4 is 0 Å². The van der Waals surface area contributed by atoms with Crippen LogP contribution in [-0.2, 0) is 6.54 Å². The van der Waals surface area contributed by atoms with Gasteiger partial charge in [-0.05, 0) is 19.0 Å². The van der Waals surface area contributed by atoms with Gasteiger partial charge in [-0.1, -0.05) is 38.7 Å². The molecule has 1 rings (SSSR count). The lowest BCUT2D eigenvalue weighted by atomic mass is 10.1. The highest BCUT2D eigenvalue weighted by molar-refractivity contribution is 5.24. The summed E-state index contributed by atoms with van der Waals surface area (Å²) in [6.45, 7) is 4.15. The SMILES string of the molecule is CCCCCCCNCc1cccnc1OC. The molecule has 0 amide bonds. The summed E-state index contributed by atoms with van der Waals surface area (Å²) in [7, 11) is 1.66. The Morgan fingerprint density at radius 1 is 1.24 bits per heavy atom. The first-order valence-electron chi connectivity index (χ1n) is 6.57. The molecule has 3 heteroatoms. The van der Waals surface area contributed by atoms with E-state index in [1.54, 1.807) is 13.3 Å². The highest BCUT2D eigenvalue weighted by Gasteiger charge is 2.01. The highest BCUT2D eigenvalue weighted by Crippen LogP contribution is 2.12. The Labute approximate surface area is 105 Å². The van der Waals surface area contributed by atoms with Crippen LogP contribution in [0.15, 0.2) is 18.3 Å². The molecule has 0 radical (unpaired) electrons. The molecule has 1 aromatic rings. The third-order valence-corrected chi connectivity index (χ3v) is 2.82. The van der Waals surface area contributed by atoms with E-state index in [1.807, 2.05) is 6.07 Å². The standard InChI is InChI=1S/C14H24N2O/c1-3-4-5-6-7-10-15-12-13-9-8-11-16-14(13)17-2/h8-9,11,15H,3-7,10,12H2,1-2H3. The van der Waals surface area contributed by atoms with Crippen molar-refractivity contribution < 1.29 is 4.74 Å². The molecule has 0 aliphatic heterocycles. The van der Waals surface area contributed by atoms with E-state index in [-0.39, 0.29) is 0 Å². The number of nitrogens with one attached hydrogen (secondary N) is 1. The summed E-state index contributed by atoms with van der Waals surface area (Å²) in [4.78, 5) is 4.17. The molecule has 1 heterocycles. The second-order valence-electron chi connectivity index (χ2n) is 4.26. The number of hydrogen-bond donors (Lipinski definition) is 1. The first kappa shape index (κ1) is 14.0. The van der Waals surface area contributed by atoms with E-state index in [0.717, 1.165) is 24.5 Å². The molecule has 0 spiro atoms. The smallest absolute Gasteiger partial charge is 0.217 e. The highest BCUT2D eigenvalue weighted by atomic mass is 16.5. The van der Waals surface area contributed by atoms with E-state index in [4.69, 9.17) is 4.74 Å². The average Bonchev–Trinajstić information content (AvgIpc) is 2.38. The van der Waals surface area contributed by atoms with Gasteiger partial charge in [0, 0.05) is 18.3 Å². The number of pyridine rings is 1. The summed E-state index contributed by atoms with van der Waals surface area (Å²) in [5, 5.41) is 3.43. The molecule has 0 atom stereocenters. The largest absolute Gasteiger partial charge is 0.481 e. The number of ether oxygens (including phenoxy) is 1. The number of methoxy groups -OCH3 is 1. The molecule has 0 fully saturated rings. The number of nitrogens with zero attached hydrogens (tertiary/aromatic N) is 1. The van der Waals surface area contributed by atoms with Crippen LogP contribution in [0, 0.1) is 0 Å². The van der Waals surface area contributed by atoms with E-state index < -0.39 is 0 Å². The topological polar surface area (TPSA) is 34.2 Å². The van der Waals surface area contributed by atoms with Gasteiger partial charge in [-0.3, -0.25) is 0 Å². The predicted molar refractivity (Wildman–Crippen MR) is 71.3 cm³/mol. The fraction of sp³-hybridized carbons (Fsp3) is 0.643. The Bertz CT molecular complexity index is 302. The summed E-state index contributed by atoms with van der Waals surface area (Å²) in [6, 6.07) is 4.00. The maximum Gasteiger partial charge on any atom is 0.217 e. The minimum atomic E-state index is 0.728. The monoisotopic (exact) mass is 236 g/mol. The van der Waals surface area contributed by atoms with E-state index >= 15 is 0 Å². The van der Waals surface area contributed by atoms with Gasteiger partial charge >= 0.3 is 0 Å². The van der Waals surface area contributed by atoms with Gasteiger partial charge in [0.2, 0.25) is 5.88 Å². The van der Waals surface area contributed by atoms with Crippen LogP contribution in [0.25, 0.3) is 0 Å². The van der Waals surface area contributed by atoms with Crippen LogP contribution in [-0.4, -0.2) is 18.6 Å². The number of rotatable bonds is 9. The van der Waals surface area contributed by atoms with Gasteiger partial charge in [-0.2, -0.15) is 0 Å². The van der Waals surface area contributed by atoms with Crippen molar-refractivity contribution in [2.45, 2.75) is 45.6 Å². The molecular formula is C14H24N2O. The van der Waals surface area contributed by atoms with E-state index in [1.165, 1.54) is 32.1 Å². The number of aromatic nitrogens is 1. The molecule has 17 heavy (non-hydrogen) atoms. The van der Waals surface area contributed by atoms with E-state index in [0.29, 0.717) is 0 Å². The molecule has 1 aromatic heterocycles. The van der Waals surface area contributed by atoms with Gasteiger partial charge in [0.05, 0.1) is 7.11 Å². The zero-order valence-electron chi connectivity index (χ0n) is 11.0. The Morgan fingerprint density at radius 3 is 2.82 bits per heavy atom. The van der Waals surface area contributed by atoms with Gasteiger partial charge in [0.15, 0.2) is 0 Å². The molecule has 96 valence electrons. The molecule has 3 nitrogen and oxygen atoms in total. The Balaban J connectivity index is 2.13. The van der Waals surface area contributed by atoms with E-state index in [2.05, 4.69) is 23.3 Å². The van der Waals surface area contributed by atoms with Crippen molar-refractivity contribution in [3.63, 3.8) is 0 Å². The van der Waals surface area contributed by atoms with Gasteiger partial charge < -0.3 is 10.1 Å². The second kappa shape index (κ2) is 8.99. The molecule has 0 saturated heterocycles. The lowest BCUT2D eigenvalue weighted by Gasteiger charge is -2.08. The maximum atomic E-state index is 5.20. The molecule has 1 N–H and O–H groups in total. The maximum absolute atomic E-state index is 5.20. The fourth-order valence-electron chi connectivity index (χ4n) is 1.82. The quantitative estimate of drug-likeness (QED) is 0.669. The minimum Gasteiger partial charge on any atom is -0.481 e. The summed E-state index contributed by atoms with van der Waals surface area (Å²) >= 11 is 0. The van der Waals surface area contributed by atoms with Gasteiger partial charge in [-0.25, -0.2) is 4.98 Å².